The summed E-state index contributed by atoms with van der Waals surface area (Å²) < 4.78 is 20.4. The van der Waals surface area contributed by atoms with E-state index in [1.807, 2.05) is 42.5 Å². The summed E-state index contributed by atoms with van der Waals surface area (Å²) in [6, 6.07) is 19.6. The highest BCUT2D eigenvalue weighted by Crippen LogP contribution is 2.30. The molecule has 1 fully saturated rings. The lowest BCUT2D eigenvalue weighted by atomic mass is 10.0. The monoisotopic (exact) mass is 413 g/mol. The Balaban J connectivity index is 1.52. The maximum atomic E-state index is 15.0. The summed E-state index contributed by atoms with van der Waals surface area (Å²) in [5, 5.41) is 0. The van der Waals surface area contributed by atoms with Gasteiger partial charge in [0, 0.05) is 36.3 Å². The Morgan fingerprint density at radius 2 is 1.81 bits per heavy atom. The van der Waals surface area contributed by atoms with E-state index >= 15 is 0 Å². The number of halogens is 1. The lowest BCUT2D eigenvalue weighted by Gasteiger charge is -2.26. The van der Waals surface area contributed by atoms with E-state index in [4.69, 9.17) is 9.72 Å². The van der Waals surface area contributed by atoms with Gasteiger partial charge in [0.05, 0.1) is 36.1 Å². The smallest absolute Gasteiger partial charge is 0.128 e. The summed E-state index contributed by atoms with van der Waals surface area (Å²) in [6.45, 7) is 5.74. The minimum Gasteiger partial charge on any atom is -0.379 e. The van der Waals surface area contributed by atoms with Crippen LogP contribution >= 0.6 is 0 Å². The fraction of sp³-hybridized carbons (Fsp3) is 0.231. The van der Waals surface area contributed by atoms with Crippen molar-refractivity contribution in [2.24, 2.45) is 0 Å². The molecular formula is C26H24FN3O. The predicted molar refractivity (Wildman–Crippen MR) is 121 cm³/mol. The van der Waals surface area contributed by atoms with Crippen LogP contribution in [-0.4, -0.2) is 41.2 Å². The summed E-state index contributed by atoms with van der Waals surface area (Å²) >= 11 is 0. The van der Waals surface area contributed by atoms with Crippen molar-refractivity contribution in [3.63, 3.8) is 0 Å². The van der Waals surface area contributed by atoms with Crippen molar-refractivity contribution in [2.75, 3.05) is 26.3 Å². The number of aryl methyl sites for hydroxylation is 1. The van der Waals surface area contributed by atoms with Gasteiger partial charge in [-0.1, -0.05) is 48.0 Å². The van der Waals surface area contributed by atoms with Crippen LogP contribution in [0.1, 0.15) is 11.1 Å². The van der Waals surface area contributed by atoms with Crippen LogP contribution in [0.2, 0.25) is 0 Å². The first kappa shape index (κ1) is 19.8. The molecule has 0 N–H and O–H groups in total. The highest BCUT2D eigenvalue weighted by Gasteiger charge is 2.15. The summed E-state index contributed by atoms with van der Waals surface area (Å²) in [4.78, 5) is 11.7. The van der Waals surface area contributed by atoms with Gasteiger partial charge in [-0.15, -0.1) is 0 Å². The van der Waals surface area contributed by atoms with Crippen LogP contribution in [0.4, 0.5) is 4.39 Å². The van der Waals surface area contributed by atoms with Gasteiger partial charge >= 0.3 is 0 Å². The lowest BCUT2D eigenvalue weighted by molar-refractivity contribution is 0.0337. The van der Waals surface area contributed by atoms with E-state index in [0.717, 1.165) is 46.5 Å². The summed E-state index contributed by atoms with van der Waals surface area (Å²) in [5.74, 6) is -0.191. The fourth-order valence-corrected chi connectivity index (χ4v) is 4.05. The van der Waals surface area contributed by atoms with Crippen LogP contribution in [0.3, 0.4) is 0 Å². The van der Waals surface area contributed by atoms with E-state index in [1.165, 1.54) is 5.56 Å². The van der Waals surface area contributed by atoms with Crippen molar-refractivity contribution in [3.8, 4) is 22.4 Å². The average Bonchev–Trinajstić information content (AvgIpc) is 2.80. The molecule has 2 heterocycles. The molecule has 1 aromatic heterocycles. The quantitative estimate of drug-likeness (QED) is 0.458. The van der Waals surface area contributed by atoms with Crippen LogP contribution in [-0.2, 0) is 11.3 Å². The van der Waals surface area contributed by atoms with Gasteiger partial charge < -0.3 is 4.74 Å². The molecule has 1 aliphatic heterocycles. The molecule has 3 aromatic carbocycles. The molecule has 4 nitrogen and oxygen atoms in total. The second kappa shape index (κ2) is 8.53. The van der Waals surface area contributed by atoms with Crippen molar-refractivity contribution < 1.29 is 9.13 Å². The molecule has 0 aliphatic carbocycles. The first-order valence-electron chi connectivity index (χ1n) is 10.6. The summed E-state index contributed by atoms with van der Waals surface area (Å²) in [5.41, 5.74) is 6.99. The van der Waals surface area contributed by atoms with Crippen molar-refractivity contribution in [1.29, 1.82) is 0 Å². The molecule has 0 atom stereocenters. The van der Waals surface area contributed by atoms with Gasteiger partial charge in [0.1, 0.15) is 5.82 Å². The Morgan fingerprint density at radius 3 is 2.61 bits per heavy atom. The molecule has 5 rings (SSSR count). The number of para-hydroxylation sites is 1. The van der Waals surface area contributed by atoms with Gasteiger partial charge in [0.25, 0.3) is 0 Å². The van der Waals surface area contributed by atoms with Crippen LogP contribution < -0.4 is 0 Å². The number of hydrogen-bond acceptors (Lipinski definition) is 4. The fourth-order valence-electron chi connectivity index (χ4n) is 4.05. The van der Waals surface area contributed by atoms with Crippen molar-refractivity contribution in [2.45, 2.75) is 13.5 Å². The zero-order valence-corrected chi connectivity index (χ0v) is 17.5. The van der Waals surface area contributed by atoms with Gasteiger partial charge in [0.2, 0.25) is 0 Å². The zero-order chi connectivity index (χ0) is 21.2. The first-order valence-corrected chi connectivity index (χ1v) is 10.6. The molecule has 0 amide bonds. The minimum absolute atomic E-state index is 0.191. The SMILES string of the molecule is Cc1cccc(-c2cnc3cccc(-c4ccc(CN5CCOCC5)c(F)c4)c3n2)c1. The van der Waals surface area contributed by atoms with E-state index in [1.54, 1.807) is 12.3 Å². The molecule has 31 heavy (non-hydrogen) atoms. The second-order valence-corrected chi connectivity index (χ2v) is 7.99. The van der Waals surface area contributed by atoms with Gasteiger partial charge in [-0.25, -0.2) is 9.37 Å². The number of ether oxygens (including phenoxy) is 1. The zero-order valence-electron chi connectivity index (χ0n) is 17.5. The molecule has 1 aliphatic rings. The normalized spacial score (nSPS) is 14.8. The average molecular weight is 413 g/mol. The van der Waals surface area contributed by atoms with E-state index < -0.39 is 0 Å². The highest BCUT2D eigenvalue weighted by molar-refractivity contribution is 5.92. The number of benzene rings is 3. The van der Waals surface area contributed by atoms with E-state index in [0.29, 0.717) is 25.3 Å². The van der Waals surface area contributed by atoms with Gasteiger partial charge in [-0.05, 0) is 30.7 Å². The Kier molecular flexibility index (Phi) is 5.45. The Hall–Kier alpha value is -3.15. The highest BCUT2D eigenvalue weighted by atomic mass is 19.1. The molecule has 5 heteroatoms. The number of hydrogen-bond donors (Lipinski definition) is 0. The number of aromatic nitrogens is 2. The standard InChI is InChI=1S/C26H24FN3O/c1-18-4-2-5-20(14-18)25-16-28-24-7-3-6-22(26(24)29-25)19-8-9-21(23(27)15-19)17-30-10-12-31-13-11-30/h2-9,14-16H,10-13,17H2,1H3. The Morgan fingerprint density at radius 1 is 0.968 bits per heavy atom. The van der Waals surface area contributed by atoms with Crippen LogP contribution in [0.5, 0.6) is 0 Å². The third-order valence-electron chi connectivity index (χ3n) is 5.75. The lowest BCUT2D eigenvalue weighted by Crippen LogP contribution is -2.35. The topological polar surface area (TPSA) is 38.2 Å². The minimum atomic E-state index is -0.191. The molecule has 4 aromatic rings. The molecular weight excluding hydrogens is 389 g/mol. The van der Waals surface area contributed by atoms with Gasteiger partial charge in [-0.2, -0.15) is 0 Å². The third kappa shape index (κ3) is 4.20. The van der Waals surface area contributed by atoms with Crippen molar-refractivity contribution in [3.05, 3.63) is 83.8 Å². The van der Waals surface area contributed by atoms with E-state index in [-0.39, 0.29) is 5.82 Å². The molecule has 0 unspecified atom stereocenters. The summed E-state index contributed by atoms with van der Waals surface area (Å²) in [7, 11) is 0. The molecule has 0 spiro atoms. The first-order chi connectivity index (χ1) is 15.2. The molecule has 156 valence electrons. The van der Waals surface area contributed by atoms with Gasteiger partial charge in [-0.3, -0.25) is 9.88 Å². The Labute approximate surface area is 181 Å². The van der Waals surface area contributed by atoms with Crippen molar-refractivity contribution >= 4 is 11.0 Å². The van der Waals surface area contributed by atoms with Crippen LogP contribution in [0, 0.1) is 12.7 Å². The molecule has 0 bridgehead atoms. The second-order valence-electron chi connectivity index (χ2n) is 7.99. The molecule has 1 saturated heterocycles. The number of rotatable bonds is 4. The number of fused-ring (bicyclic) bond motifs is 1. The maximum absolute atomic E-state index is 15.0. The van der Waals surface area contributed by atoms with Crippen LogP contribution in [0.25, 0.3) is 33.4 Å². The Bertz CT molecular complexity index is 1230. The van der Waals surface area contributed by atoms with Crippen molar-refractivity contribution in [1.82, 2.24) is 14.9 Å². The van der Waals surface area contributed by atoms with E-state index in [2.05, 4.69) is 28.9 Å². The molecule has 0 saturated carbocycles. The third-order valence-corrected chi connectivity index (χ3v) is 5.75. The number of morpholine rings is 1. The van der Waals surface area contributed by atoms with E-state index in [9.17, 15) is 4.39 Å². The summed E-state index contributed by atoms with van der Waals surface area (Å²) in [6.07, 6.45) is 1.80. The van der Waals surface area contributed by atoms with Gasteiger partial charge in [0.15, 0.2) is 0 Å². The van der Waals surface area contributed by atoms with Crippen LogP contribution in [0.15, 0.2) is 66.9 Å². The largest absolute Gasteiger partial charge is 0.379 e. The maximum Gasteiger partial charge on any atom is 0.128 e. The molecule has 0 radical (unpaired) electrons. The number of nitrogens with zero attached hydrogens (tertiary/aromatic N) is 3. The predicted octanol–water partition coefficient (Wildman–Crippen LogP) is 5.24.